The molecular formula is C17H27N2O7P. The van der Waals surface area contributed by atoms with Gasteiger partial charge in [0.1, 0.15) is 18.4 Å². The van der Waals surface area contributed by atoms with Crippen LogP contribution in [0.15, 0.2) is 15.8 Å². The van der Waals surface area contributed by atoms with Crippen molar-refractivity contribution in [3.05, 3.63) is 32.6 Å². The number of phosphoric ester groups is 1. The van der Waals surface area contributed by atoms with E-state index >= 15 is 0 Å². The van der Waals surface area contributed by atoms with Crippen LogP contribution in [0.1, 0.15) is 63.7 Å². The molecule has 1 aromatic rings. The first-order valence-corrected chi connectivity index (χ1v) is 11.0. The molecule has 2 N–H and O–H groups in total. The fraction of sp³-hybridized carbons (Fsp3) is 0.765. The van der Waals surface area contributed by atoms with Crippen LogP contribution in [0.25, 0.3) is 0 Å². The zero-order valence-corrected chi connectivity index (χ0v) is 16.4. The Kier molecular flexibility index (Phi) is 6.70. The highest BCUT2D eigenvalue weighted by Gasteiger charge is 2.46. The van der Waals surface area contributed by atoms with E-state index in [1.807, 2.05) is 0 Å². The minimum Gasteiger partial charge on any atom is -0.349 e. The molecule has 4 atom stereocenters. The fourth-order valence-electron chi connectivity index (χ4n) is 3.52. The molecule has 2 aliphatic rings. The van der Waals surface area contributed by atoms with E-state index in [4.69, 9.17) is 13.8 Å². The van der Waals surface area contributed by atoms with Crippen LogP contribution < -0.4 is 11.2 Å². The van der Waals surface area contributed by atoms with Crippen molar-refractivity contribution in [2.75, 3.05) is 6.61 Å². The summed E-state index contributed by atoms with van der Waals surface area (Å²) in [7, 11) is -4.06. The molecule has 2 saturated heterocycles. The Morgan fingerprint density at radius 1 is 1.22 bits per heavy atom. The highest BCUT2D eigenvalue weighted by Crippen LogP contribution is 2.52. The van der Waals surface area contributed by atoms with Crippen molar-refractivity contribution in [2.24, 2.45) is 0 Å². The summed E-state index contributed by atoms with van der Waals surface area (Å²) in [6.45, 7) is 2.10. The van der Waals surface area contributed by atoms with Gasteiger partial charge in [0.25, 0.3) is 5.56 Å². The lowest BCUT2D eigenvalue weighted by atomic mass is 10.1. The molecular weight excluding hydrogens is 375 g/mol. The number of aromatic amines is 1. The van der Waals surface area contributed by atoms with E-state index in [-0.39, 0.29) is 18.6 Å². The van der Waals surface area contributed by atoms with Gasteiger partial charge < -0.3 is 9.63 Å². The van der Waals surface area contributed by atoms with Gasteiger partial charge in [0, 0.05) is 18.2 Å². The number of hydrogen-bond donors (Lipinski definition) is 2. The molecule has 0 spiro atoms. The maximum absolute atomic E-state index is 12.2. The van der Waals surface area contributed by atoms with Gasteiger partial charge in [-0.05, 0) is 12.8 Å². The van der Waals surface area contributed by atoms with E-state index in [0.717, 1.165) is 19.3 Å². The maximum atomic E-state index is 12.2. The predicted octanol–water partition coefficient (Wildman–Crippen LogP) is 2.24. The fourth-order valence-corrected chi connectivity index (χ4v) is 4.48. The third-order valence-corrected chi connectivity index (χ3v) is 6.02. The van der Waals surface area contributed by atoms with E-state index in [1.54, 1.807) is 0 Å². The third kappa shape index (κ3) is 5.18. The van der Waals surface area contributed by atoms with Crippen LogP contribution in [-0.4, -0.2) is 33.3 Å². The number of rotatable bonds is 8. The van der Waals surface area contributed by atoms with Gasteiger partial charge in [-0.1, -0.05) is 39.0 Å². The van der Waals surface area contributed by atoms with Gasteiger partial charge >= 0.3 is 13.5 Å². The molecule has 1 unspecified atom stereocenters. The first-order chi connectivity index (χ1) is 12.9. The van der Waals surface area contributed by atoms with Gasteiger partial charge in [-0.25, -0.2) is 9.36 Å². The van der Waals surface area contributed by atoms with Gasteiger partial charge in [0.05, 0.1) is 6.61 Å². The van der Waals surface area contributed by atoms with E-state index in [9.17, 15) is 19.0 Å². The second-order valence-electron chi connectivity index (χ2n) is 7.11. The molecule has 9 nitrogen and oxygen atoms in total. The summed E-state index contributed by atoms with van der Waals surface area (Å²) in [4.78, 5) is 36.1. The monoisotopic (exact) mass is 402 g/mol. The van der Waals surface area contributed by atoms with Gasteiger partial charge in [-0.3, -0.25) is 23.4 Å². The topological polar surface area (TPSA) is 120 Å². The molecule has 0 aromatic carbocycles. The predicted molar refractivity (Wildman–Crippen MR) is 97.6 cm³/mol. The molecule has 27 heavy (non-hydrogen) atoms. The largest absolute Gasteiger partial charge is 0.472 e. The number of H-pyrrole nitrogens is 1. The number of nitrogens with zero attached hydrogens (tertiary/aromatic N) is 1. The minimum absolute atomic E-state index is 0.0718. The van der Waals surface area contributed by atoms with Crippen molar-refractivity contribution < 1.29 is 23.2 Å². The molecule has 0 aliphatic carbocycles. The smallest absolute Gasteiger partial charge is 0.349 e. The lowest BCUT2D eigenvalue weighted by Gasteiger charge is -2.26. The SMILES string of the molecule is CCCCCCCCc1cn([C@H]2C[C@@H]3OP(=O)(O)OC[C@H]3O2)c(=O)[nH]c1=O. The molecule has 3 heterocycles. The van der Waals surface area contributed by atoms with Gasteiger partial charge in [-0.2, -0.15) is 0 Å². The number of ether oxygens (including phenoxy) is 1. The summed E-state index contributed by atoms with van der Waals surface area (Å²) in [5.41, 5.74) is -0.406. The molecule has 10 heteroatoms. The van der Waals surface area contributed by atoms with Crippen LogP contribution in [0.2, 0.25) is 0 Å². The van der Waals surface area contributed by atoms with Crippen LogP contribution in [-0.2, 0) is 24.8 Å². The highest BCUT2D eigenvalue weighted by molar-refractivity contribution is 7.47. The molecule has 2 fully saturated rings. The van der Waals surface area contributed by atoms with Crippen molar-refractivity contribution in [1.82, 2.24) is 9.55 Å². The second-order valence-corrected chi connectivity index (χ2v) is 8.52. The standard InChI is InChI=1S/C17H27N2O7P/c1-2-3-4-5-6-7-8-12-10-19(17(21)18-16(12)20)15-9-13-14(25-15)11-24-27(22,23)26-13/h10,13-15H,2-9,11H2,1H3,(H,22,23)(H,18,20,21)/t13-,14+,15+/m0/s1. The average molecular weight is 402 g/mol. The van der Waals surface area contributed by atoms with E-state index in [0.29, 0.717) is 12.0 Å². The molecule has 0 saturated carbocycles. The zero-order valence-electron chi connectivity index (χ0n) is 15.5. The maximum Gasteiger partial charge on any atom is 0.472 e. The van der Waals surface area contributed by atoms with Gasteiger partial charge in [0.2, 0.25) is 0 Å². The Bertz CT molecular complexity index is 805. The minimum atomic E-state index is -4.06. The second kappa shape index (κ2) is 8.84. The molecule has 0 radical (unpaired) electrons. The molecule has 2 aliphatic heterocycles. The number of hydrogen-bond acceptors (Lipinski definition) is 6. The molecule has 0 amide bonds. The van der Waals surface area contributed by atoms with Crippen molar-refractivity contribution >= 4 is 7.82 Å². The Morgan fingerprint density at radius 2 is 1.96 bits per heavy atom. The Balaban J connectivity index is 1.65. The summed E-state index contributed by atoms with van der Waals surface area (Å²) < 4.78 is 28.4. The summed E-state index contributed by atoms with van der Waals surface area (Å²) >= 11 is 0. The molecule has 3 rings (SSSR count). The van der Waals surface area contributed by atoms with Crippen LogP contribution in [0, 0.1) is 0 Å². The molecule has 152 valence electrons. The third-order valence-electron chi connectivity index (χ3n) is 5.00. The molecule has 0 bridgehead atoms. The van der Waals surface area contributed by atoms with E-state index in [1.165, 1.54) is 30.0 Å². The number of aromatic nitrogens is 2. The van der Waals surface area contributed by atoms with Crippen molar-refractivity contribution in [2.45, 2.75) is 76.7 Å². The summed E-state index contributed by atoms with van der Waals surface area (Å²) in [5, 5.41) is 0. The zero-order chi connectivity index (χ0) is 19.4. The number of phosphoric acid groups is 1. The number of fused-ring (bicyclic) bond motifs is 1. The normalized spacial score (nSPS) is 30.4. The Morgan fingerprint density at radius 3 is 2.74 bits per heavy atom. The molecule has 1 aromatic heterocycles. The van der Waals surface area contributed by atoms with Crippen LogP contribution in [0.5, 0.6) is 0 Å². The first-order valence-electron chi connectivity index (χ1n) is 9.55. The van der Waals surface area contributed by atoms with E-state index < -0.39 is 31.9 Å². The van der Waals surface area contributed by atoms with Crippen LogP contribution in [0.3, 0.4) is 0 Å². The van der Waals surface area contributed by atoms with Crippen LogP contribution >= 0.6 is 7.82 Å². The number of unbranched alkanes of at least 4 members (excludes halogenated alkanes) is 5. The van der Waals surface area contributed by atoms with Crippen molar-refractivity contribution in [1.29, 1.82) is 0 Å². The lowest BCUT2D eigenvalue weighted by Crippen LogP contribution is -2.34. The number of aryl methyl sites for hydroxylation is 1. The van der Waals surface area contributed by atoms with Crippen molar-refractivity contribution in [3.63, 3.8) is 0 Å². The summed E-state index contributed by atoms with van der Waals surface area (Å²) in [5.74, 6) is 0. The Hall–Kier alpha value is -1.25. The highest BCUT2D eigenvalue weighted by atomic mass is 31.2. The number of nitrogens with one attached hydrogen (secondary N) is 1. The first kappa shape index (κ1) is 20.5. The summed E-state index contributed by atoms with van der Waals surface area (Å²) in [6.07, 6.45) is 7.21. The summed E-state index contributed by atoms with van der Waals surface area (Å²) in [6, 6.07) is 0. The van der Waals surface area contributed by atoms with Gasteiger partial charge in [-0.15, -0.1) is 0 Å². The average Bonchev–Trinajstić information content (AvgIpc) is 3.01. The lowest BCUT2D eigenvalue weighted by molar-refractivity contribution is -0.0680. The van der Waals surface area contributed by atoms with Crippen molar-refractivity contribution in [3.8, 4) is 0 Å². The Labute approximate surface area is 157 Å². The van der Waals surface area contributed by atoms with Crippen LogP contribution in [0.4, 0.5) is 0 Å². The van der Waals surface area contributed by atoms with E-state index in [2.05, 4.69) is 11.9 Å². The van der Waals surface area contributed by atoms with Gasteiger partial charge in [0.15, 0.2) is 0 Å². The quantitative estimate of drug-likeness (QED) is 0.505.